The van der Waals surface area contributed by atoms with Gasteiger partial charge >= 0.3 is 0 Å². The minimum absolute atomic E-state index is 0.0114. The molecule has 0 saturated heterocycles. The molecule has 116 valence electrons. The molecule has 1 saturated carbocycles. The summed E-state index contributed by atoms with van der Waals surface area (Å²) in [6.45, 7) is 10.2. The van der Waals surface area contributed by atoms with Crippen LogP contribution in [-0.4, -0.2) is 37.8 Å². The minimum Gasteiger partial charge on any atom is -0.407 e. The Labute approximate surface area is 121 Å². The van der Waals surface area contributed by atoms with Crippen LogP contribution in [0.25, 0.3) is 0 Å². The predicted molar refractivity (Wildman–Crippen MR) is 79.9 cm³/mol. The summed E-state index contributed by atoms with van der Waals surface area (Å²) in [4.78, 5) is 23.8. The minimum atomic E-state index is -2.02. The maximum atomic E-state index is 11.9. The van der Waals surface area contributed by atoms with Crippen molar-refractivity contribution >= 4 is 20.1 Å². The van der Waals surface area contributed by atoms with Crippen molar-refractivity contribution in [3.8, 4) is 0 Å². The van der Waals surface area contributed by atoms with Crippen molar-refractivity contribution in [2.45, 2.75) is 57.8 Å². The third-order valence-corrected chi connectivity index (χ3v) is 8.87. The van der Waals surface area contributed by atoms with E-state index in [1.807, 2.05) is 13.1 Å². The van der Waals surface area contributed by atoms with Gasteiger partial charge in [0.25, 0.3) is 5.91 Å². The Morgan fingerprint density at radius 2 is 1.80 bits per heavy atom. The Bertz CT molecular complexity index is 387. The zero-order valence-electron chi connectivity index (χ0n) is 13.1. The molecule has 1 rings (SSSR count). The molecule has 0 bridgehead atoms. The average molecular weight is 301 g/mol. The van der Waals surface area contributed by atoms with E-state index in [0.717, 1.165) is 0 Å². The summed E-state index contributed by atoms with van der Waals surface area (Å²) in [5, 5.41) is 0.709. The molecule has 1 aliphatic rings. The van der Waals surface area contributed by atoms with Crippen molar-refractivity contribution in [1.29, 1.82) is 0 Å². The monoisotopic (exact) mass is 301 g/mol. The molecule has 6 nitrogen and oxygen atoms in total. The summed E-state index contributed by atoms with van der Waals surface area (Å²) >= 11 is 0. The molecule has 2 amide bonds. The van der Waals surface area contributed by atoms with Crippen LogP contribution in [0.15, 0.2) is 0 Å². The highest BCUT2D eigenvalue weighted by molar-refractivity contribution is 6.74. The summed E-state index contributed by atoms with van der Waals surface area (Å²) in [7, 11) is -2.02. The molecule has 20 heavy (non-hydrogen) atoms. The van der Waals surface area contributed by atoms with Crippen LogP contribution in [0.1, 0.15) is 33.6 Å². The topological polar surface area (TPSA) is 98.6 Å². The second-order valence-corrected chi connectivity index (χ2v) is 11.9. The number of hydrazine groups is 1. The van der Waals surface area contributed by atoms with Crippen molar-refractivity contribution in [3.05, 3.63) is 0 Å². The third-order valence-electron chi connectivity index (χ3n) is 4.39. The first-order chi connectivity index (χ1) is 8.95. The Morgan fingerprint density at radius 3 is 2.20 bits per heavy atom. The lowest BCUT2D eigenvalue weighted by molar-refractivity contribution is -0.151. The highest BCUT2D eigenvalue weighted by Crippen LogP contribution is 2.36. The Kier molecular flexibility index (Phi) is 5.12. The van der Waals surface area contributed by atoms with E-state index in [2.05, 4.69) is 20.8 Å². The van der Waals surface area contributed by atoms with Crippen LogP contribution in [0.3, 0.4) is 0 Å². The molecule has 0 aromatic rings. The summed E-state index contributed by atoms with van der Waals surface area (Å²) in [6.07, 6.45) is 1.20. The first-order valence-corrected chi connectivity index (χ1v) is 9.87. The number of amides is 2. The maximum Gasteiger partial charge on any atom is 0.268 e. The lowest BCUT2D eigenvalue weighted by Gasteiger charge is -2.36. The maximum absolute atomic E-state index is 11.9. The first-order valence-electron chi connectivity index (χ1n) is 6.97. The van der Waals surface area contributed by atoms with E-state index >= 15 is 0 Å². The van der Waals surface area contributed by atoms with Gasteiger partial charge in [0.1, 0.15) is 6.61 Å². The summed E-state index contributed by atoms with van der Waals surface area (Å²) < 4.78 is 5.77. The number of nitrogens with zero attached hydrogens (tertiary/aromatic N) is 1. The van der Waals surface area contributed by atoms with Gasteiger partial charge in [-0.25, -0.2) is 10.9 Å². The van der Waals surface area contributed by atoms with Crippen LogP contribution in [0.4, 0.5) is 0 Å². The van der Waals surface area contributed by atoms with Gasteiger partial charge in [0, 0.05) is 12.0 Å². The quantitative estimate of drug-likeness (QED) is 0.349. The van der Waals surface area contributed by atoms with Crippen molar-refractivity contribution in [1.82, 2.24) is 5.01 Å². The van der Waals surface area contributed by atoms with Gasteiger partial charge in [-0.2, -0.15) is 0 Å². The van der Waals surface area contributed by atoms with Crippen LogP contribution in [0, 0.1) is 5.92 Å². The van der Waals surface area contributed by atoms with Crippen molar-refractivity contribution in [2.24, 2.45) is 17.5 Å². The van der Waals surface area contributed by atoms with E-state index in [1.54, 1.807) is 0 Å². The lowest BCUT2D eigenvalue weighted by Crippen LogP contribution is -2.53. The van der Waals surface area contributed by atoms with E-state index in [9.17, 15) is 9.59 Å². The third kappa shape index (κ3) is 3.88. The summed E-state index contributed by atoms with van der Waals surface area (Å²) in [5.74, 6) is 4.53. The van der Waals surface area contributed by atoms with E-state index in [0.29, 0.717) is 17.9 Å². The molecule has 1 fully saturated rings. The SMILES string of the molecule is CC(C)(C)[Si](C)(C)OCC(=O)N(N)C(=O)C1CC(N)C1. The number of hydrogen-bond acceptors (Lipinski definition) is 5. The molecule has 0 aromatic carbocycles. The lowest BCUT2D eigenvalue weighted by atomic mass is 9.80. The van der Waals surface area contributed by atoms with Crippen LogP contribution in [0.5, 0.6) is 0 Å². The van der Waals surface area contributed by atoms with Crippen LogP contribution >= 0.6 is 0 Å². The highest BCUT2D eigenvalue weighted by Gasteiger charge is 2.39. The Morgan fingerprint density at radius 1 is 1.30 bits per heavy atom. The molecule has 7 heteroatoms. The van der Waals surface area contributed by atoms with Gasteiger partial charge in [-0.15, -0.1) is 0 Å². The molecule has 0 atom stereocenters. The fourth-order valence-corrected chi connectivity index (χ4v) is 2.63. The molecule has 1 aliphatic carbocycles. The van der Waals surface area contributed by atoms with Gasteiger partial charge in [-0.3, -0.25) is 9.59 Å². The molecular formula is C13H27N3O3Si. The van der Waals surface area contributed by atoms with Crippen LogP contribution in [-0.2, 0) is 14.0 Å². The second kappa shape index (κ2) is 5.93. The molecule has 0 heterocycles. The summed E-state index contributed by atoms with van der Waals surface area (Å²) in [6, 6.07) is 0.0518. The van der Waals surface area contributed by atoms with Gasteiger partial charge in [-0.05, 0) is 31.0 Å². The molecular weight excluding hydrogens is 274 g/mol. The molecule has 4 N–H and O–H groups in total. The normalized spacial score (nSPS) is 23.1. The smallest absolute Gasteiger partial charge is 0.268 e. The number of rotatable bonds is 4. The van der Waals surface area contributed by atoms with E-state index in [4.69, 9.17) is 16.0 Å². The zero-order valence-corrected chi connectivity index (χ0v) is 14.1. The van der Waals surface area contributed by atoms with E-state index < -0.39 is 14.2 Å². The van der Waals surface area contributed by atoms with Gasteiger partial charge in [0.05, 0.1) is 0 Å². The number of carbonyl (C=O) groups excluding carboxylic acids is 2. The standard InChI is InChI=1S/C13H27N3O3Si/c1-13(2,3)20(4,5)19-8-11(17)16(15)12(18)9-6-10(14)7-9/h9-10H,6-8,14-15H2,1-5H3. The highest BCUT2D eigenvalue weighted by atomic mass is 28.4. The number of hydrogen-bond donors (Lipinski definition) is 2. The zero-order chi connectivity index (χ0) is 15.7. The van der Waals surface area contributed by atoms with Gasteiger partial charge in [0.15, 0.2) is 8.32 Å². The number of nitrogens with two attached hydrogens (primary N) is 2. The Balaban J connectivity index is 2.48. The van der Waals surface area contributed by atoms with E-state index in [-0.39, 0.29) is 29.5 Å². The summed E-state index contributed by atoms with van der Waals surface area (Å²) in [5.41, 5.74) is 5.63. The fraction of sp³-hybridized carbons (Fsp3) is 0.846. The largest absolute Gasteiger partial charge is 0.407 e. The molecule has 0 radical (unpaired) electrons. The first kappa shape index (κ1) is 17.3. The van der Waals surface area contributed by atoms with Crippen LogP contribution < -0.4 is 11.6 Å². The fourth-order valence-electron chi connectivity index (χ4n) is 1.71. The van der Waals surface area contributed by atoms with Gasteiger partial charge < -0.3 is 10.2 Å². The molecule has 0 aliphatic heterocycles. The van der Waals surface area contributed by atoms with Crippen molar-refractivity contribution in [3.63, 3.8) is 0 Å². The number of carbonyl (C=O) groups is 2. The van der Waals surface area contributed by atoms with Crippen LogP contribution in [0.2, 0.25) is 18.1 Å². The van der Waals surface area contributed by atoms with Crippen molar-refractivity contribution in [2.75, 3.05) is 6.61 Å². The second-order valence-electron chi connectivity index (χ2n) is 7.08. The van der Waals surface area contributed by atoms with Gasteiger partial charge in [0.2, 0.25) is 5.91 Å². The van der Waals surface area contributed by atoms with Gasteiger partial charge in [-0.1, -0.05) is 20.8 Å². The van der Waals surface area contributed by atoms with Crippen molar-refractivity contribution < 1.29 is 14.0 Å². The molecule has 0 spiro atoms. The van der Waals surface area contributed by atoms with E-state index in [1.165, 1.54) is 0 Å². The average Bonchev–Trinajstić information content (AvgIpc) is 2.28. The molecule has 0 unspecified atom stereocenters. The Hall–Kier alpha value is -0.763. The number of imide groups is 1. The predicted octanol–water partition coefficient (Wildman–Crippen LogP) is 0.974. The molecule has 0 aromatic heterocycles.